The van der Waals surface area contributed by atoms with E-state index >= 15 is 0 Å². The third-order valence-electron chi connectivity index (χ3n) is 2.16. The second kappa shape index (κ2) is 8.44. The van der Waals surface area contributed by atoms with Gasteiger partial charge in [-0.05, 0) is 23.8 Å². The first-order valence-electron chi connectivity index (χ1n) is 5.43. The van der Waals surface area contributed by atoms with Crippen LogP contribution in [0.3, 0.4) is 0 Å². The lowest BCUT2D eigenvalue weighted by molar-refractivity contribution is -0.138. The van der Waals surface area contributed by atoms with Crippen molar-refractivity contribution in [1.29, 1.82) is 0 Å². The first-order chi connectivity index (χ1) is 7.45. The lowest BCUT2D eigenvalue weighted by Crippen LogP contribution is -2.30. The first kappa shape index (κ1) is 15.3. The summed E-state index contributed by atoms with van der Waals surface area (Å²) in [6.07, 6.45) is 2.37. The number of carboxylic acids is 1. The molecule has 94 valence electrons. The summed E-state index contributed by atoms with van der Waals surface area (Å²) in [5.41, 5.74) is 0. The molecule has 0 aromatic carbocycles. The van der Waals surface area contributed by atoms with Crippen molar-refractivity contribution >= 4 is 23.6 Å². The zero-order valence-electron chi connectivity index (χ0n) is 10.2. The molecular formula is C11H21NO3S. The molecule has 4 nitrogen and oxygen atoms in total. The summed E-state index contributed by atoms with van der Waals surface area (Å²) in [5, 5.41) is 11.4. The van der Waals surface area contributed by atoms with Gasteiger partial charge >= 0.3 is 5.97 Å². The van der Waals surface area contributed by atoms with Crippen molar-refractivity contribution < 1.29 is 14.7 Å². The number of amides is 1. The minimum Gasteiger partial charge on any atom is -0.481 e. The van der Waals surface area contributed by atoms with E-state index in [-0.39, 0.29) is 24.7 Å². The van der Waals surface area contributed by atoms with Gasteiger partial charge in [-0.1, -0.05) is 13.8 Å². The zero-order chi connectivity index (χ0) is 12.6. The van der Waals surface area contributed by atoms with Crippen LogP contribution >= 0.6 is 11.8 Å². The average molecular weight is 247 g/mol. The van der Waals surface area contributed by atoms with Crippen molar-refractivity contribution in [2.45, 2.75) is 26.7 Å². The molecule has 16 heavy (non-hydrogen) atoms. The lowest BCUT2D eigenvalue weighted by Gasteiger charge is -2.13. The lowest BCUT2D eigenvalue weighted by atomic mass is 10.0. The molecule has 2 N–H and O–H groups in total. The number of hydrogen-bond donors (Lipinski definition) is 2. The van der Waals surface area contributed by atoms with Gasteiger partial charge in [-0.25, -0.2) is 0 Å². The van der Waals surface area contributed by atoms with E-state index in [9.17, 15) is 9.59 Å². The van der Waals surface area contributed by atoms with Crippen molar-refractivity contribution in [3.8, 4) is 0 Å². The molecule has 0 saturated heterocycles. The molecule has 0 aromatic heterocycles. The minimum atomic E-state index is -0.851. The highest BCUT2D eigenvalue weighted by molar-refractivity contribution is 7.98. The fourth-order valence-corrected chi connectivity index (χ4v) is 2.08. The number of aliphatic carboxylic acids is 1. The van der Waals surface area contributed by atoms with Crippen molar-refractivity contribution in [2.75, 3.05) is 18.6 Å². The van der Waals surface area contributed by atoms with E-state index in [0.29, 0.717) is 12.5 Å². The monoisotopic (exact) mass is 247 g/mol. The van der Waals surface area contributed by atoms with E-state index < -0.39 is 5.97 Å². The maximum atomic E-state index is 11.4. The molecule has 0 aliphatic rings. The maximum absolute atomic E-state index is 11.4. The Morgan fingerprint density at radius 3 is 2.38 bits per heavy atom. The molecule has 0 bridgehead atoms. The molecule has 0 aliphatic carbocycles. The number of nitrogens with one attached hydrogen (secondary N) is 1. The highest BCUT2D eigenvalue weighted by Crippen LogP contribution is 2.07. The predicted molar refractivity (Wildman–Crippen MR) is 66.6 cm³/mol. The molecule has 0 aromatic rings. The van der Waals surface area contributed by atoms with Gasteiger partial charge in [0.25, 0.3) is 0 Å². The smallest absolute Gasteiger partial charge is 0.303 e. The van der Waals surface area contributed by atoms with Crippen LogP contribution in [0.5, 0.6) is 0 Å². The summed E-state index contributed by atoms with van der Waals surface area (Å²) in [5.74, 6) is 0.463. The molecule has 0 spiro atoms. The van der Waals surface area contributed by atoms with Crippen LogP contribution < -0.4 is 5.32 Å². The Bertz CT molecular complexity index is 233. The SMILES string of the molecule is CSCC(C)CNC(=O)CC(C)CC(=O)O. The van der Waals surface area contributed by atoms with Gasteiger partial charge in [0.1, 0.15) is 0 Å². The van der Waals surface area contributed by atoms with Crippen molar-refractivity contribution in [1.82, 2.24) is 5.32 Å². The Labute approximate surface area is 101 Å². The number of carboxylic acid groups (broad SMARTS) is 1. The highest BCUT2D eigenvalue weighted by atomic mass is 32.2. The molecule has 0 aliphatic heterocycles. The van der Waals surface area contributed by atoms with Gasteiger partial charge in [0.2, 0.25) is 5.91 Å². The maximum Gasteiger partial charge on any atom is 0.303 e. The molecule has 0 saturated carbocycles. The molecule has 0 fully saturated rings. The first-order valence-corrected chi connectivity index (χ1v) is 6.82. The van der Waals surface area contributed by atoms with Crippen LogP contribution in [-0.4, -0.2) is 35.5 Å². The number of carbonyl (C=O) groups excluding carboxylic acids is 1. The van der Waals surface area contributed by atoms with Crippen molar-refractivity contribution in [3.63, 3.8) is 0 Å². The summed E-state index contributed by atoms with van der Waals surface area (Å²) in [6, 6.07) is 0. The zero-order valence-corrected chi connectivity index (χ0v) is 11.0. The number of carbonyl (C=O) groups is 2. The third kappa shape index (κ3) is 8.59. The predicted octanol–water partition coefficient (Wildman–Crippen LogP) is 1.60. The van der Waals surface area contributed by atoms with Crippen LogP contribution in [0.1, 0.15) is 26.7 Å². The van der Waals surface area contributed by atoms with Crippen LogP contribution in [0.15, 0.2) is 0 Å². The molecule has 1 amide bonds. The normalized spacial score (nSPS) is 14.2. The molecule has 0 rings (SSSR count). The van der Waals surface area contributed by atoms with Crippen molar-refractivity contribution in [3.05, 3.63) is 0 Å². The number of hydrogen-bond acceptors (Lipinski definition) is 3. The quantitative estimate of drug-likeness (QED) is 0.684. The average Bonchev–Trinajstić information content (AvgIpc) is 2.13. The van der Waals surface area contributed by atoms with Gasteiger partial charge in [0.15, 0.2) is 0 Å². The number of thioether (sulfide) groups is 1. The largest absolute Gasteiger partial charge is 0.481 e. The van der Waals surface area contributed by atoms with Gasteiger partial charge in [0, 0.05) is 19.4 Å². The summed E-state index contributed by atoms with van der Waals surface area (Å²) < 4.78 is 0. The fourth-order valence-electron chi connectivity index (χ4n) is 1.39. The van der Waals surface area contributed by atoms with Crippen LogP contribution in [-0.2, 0) is 9.59 Å². The van der Waals surface area contributed by atoms with E-state index in [1.54, 1.807) is 18.7 Å². The Morgan fingerprint density at radius 1 is 1.25 bits per heavy atom. The second-order valence-corrected chi connectivity index (χ2v) is 5.18. The Kier molecular flexibility index (Phi) is 8.07. The molecule has 0 radical (unpaired) electrons. The van der Waals surface area contributed by atoms with Gasteiger partial charge in [-0.3, -0.25) is 9.59 Å². The van der Waals surface area contributed by atoms with Gasteiger partial charge in [0.05, 0.1) is 0 Å². The van der Waals surface area contributed by atoms with E-state index in [4.69, 9.17) is 5.11 Å². The molecule has 2 unspecified atom stereocenters. The Morgan fingerprint density at radius 2 is 1.88 bits per heavy atom. The minimum absolute atomic E-state index is 0.0494. The Hall–Kier alpha value is -0.710. The number of rotatable bonds is 8. The molecule has 2 atom stereocenters. The van der Waals surface area contributed by atoms with Gasteiger partial charge < -0.3 is 10.4 Å². The van der Waals surface area contributed by atoms with Crippen LogP contribution in [0, 0.1) is 11.8 Å². The fraction of sp³-hybridized carbons (Fsp3) is 0.818. The standard InChI is InChI=1S/C11H21NO3S/c1-8(5-11(14)15)4-10(13)12-6-9(2)7-16-3/h8-9H,4-7H2,1-3H3,(H,12,13)(H,14,15). The third-order valence-corrected chi connectivity index (χ3v) is 3.06. The topological polar surface area (TPSA) is 66.4 Å². The molecular weight excluding hydrogens is 226 g/mol. The van der Waals surface area contributed by atoms with Gasteiger partial charge in [-0.15, -0.1) is 0 Å². The molecule has 5 heteroatoms. The van der Waals surface area contributed by atoms with E-state index in [2.05, 4.69) is 12.2 Å². The van der Waals surface area contributed by atoms with Crippen molar-refractivity contribution in [2.24, 2.45) is 11.8 Å². The summed E-state index contributed by atoms with van der Waals surface area (Å²) in [4.78, 5) is 21.8. The highest BCUT2D eigenvalue weighted by Gasteiger charge is 2.12. The van der Waals surface area contributed by atoms with E-state index in [0.717, 1.165) is 5.75 Å². The van der Waals surface area contributed by atoms with Crippen LogP contribution in [0.25, 0.3) is 0 Å². The van der Waals surface area contributed by atoms with Crippen LogP contribution in [0.4, 0.5) is 0 Å². The summed E-state index contributed by atoms with van der Waals surface area (Å²) >= 11 is 1.75. The van der Waals surface area contributed by atoms with E-state index in [1.165, 1.54) is 0 Å². The summed E-state index contributed by atoms with van der Waals surface area (Å²) in [7, 11) is 0. The Balaban J connectivity index is 3.69. The van der Waals surface area contributed by atoms with Crippen LogP contribution in [0.2, 0.25) is 0 Å². The second-order valence-electron chi connectivity index (χ2n) is 4.27. The van der Waals surface area contributed by atoms with Gasteiger partial charge in [-0.2, -0.15) is 11.8 Å². The summed E-state index contributed by atoms with van der Waals surface area (Å²) in [6.45, 7) is 4.52. The molecule has 0 heterocycles. The van der Waals surface area contributed by atoms with E-state index in [1.807, 2.05) is 6.26 Å².